The molecule has 1 N–H and O–H groups in total. The summed E-state index contributed by atoms with van der Waals surface area (Å²) in [6, 6.07) is 13.0. The number of nitrogens with zero attached hydrogens (tertiary/aromatic N) is 5. The number of benzene rings is 4. The number of nitro groups is 3. The van der Waals surface area contributed by atoms with Crippen molar-refractivity contribution in [3.63, 3.8) is 0 Å². The fourth-order valence-corrected chi connectivity index (χ4v) is 9.20. The Hall–Kier alpha value is -4.40. The van der Waals surface area contributed by atoms with Crippen molar-refractivity contribution in [2.75, 3.05) is 8.61 Å². The van der Waals surface area contributed by atoms with Crippen LogP contribution in [0.1, 0.15) is 10.4 Å². The molecule has 0 aromatic heterocycles. The van der Waals surface area contributed by atoms with E-state index in [1.165, 1.54) is 0 Å². The molecule has 0 aliphatic carbocycles. The molecule has 4 aromatic carbocycles. The summed E-state index contributed by atoms with van der Waals surface area (Å²) in [5.41, 5.74) is -2.33. The number of anilines is 2. The van der Waals surface area contributed by atoms with Crippen molar-refractivity contribution < 1.29 is 41.5 Å². The van der Waals surface area contributed by atoms with Gasteiger partial charge in [-0.3, -0.25) is 30.3 Å². The number of carboxylic acid groups (broad SMARTS) is 1. The number of carboxylic acids is 1. The summed E-state index contributed by atoms with van der Waals surface area (Å²) in [6.07, 6.45) is 0. The second-order valence-corrected chi connectivity index (χ2v) is 15.3. The average Bonchev–Trinajstić information content (AvgIpc) is 3.03. The van der Waals surface area contributed by atoms with E-state index in [0.717, 1.165) is 84.9 Å². The highest BCUT2D eigenvalue weighted by Crippen LogP contribution is 2.37. The molecule has 0 unspecified atom stereocenters. The van der Waals surface area contributed by atoms with E-state index in [4.69, 9.17) is 12.2 Å². The van der Waals surface area contributed by atoms with Crippen molar-refractivity contribution >= 4 is 117 Å². The Kier molecular flexibility index (Phi) is 10.6. The lowest BCUT2D eigenvalue weighted by molar-refractivity contribution is -0.385. The van der Waals surface area contributed by atoms with Gasteiger partial charge in [0.25, 0.3) is 37.1 Å². The number of sulfonamides is 2. The molecular weight excluding hydrogens is 924 g/mol. The average molecular weight is 939 g/mol. The van der Waals surface area contributed by atoms with E-state index in [-0.39, 0.29) is 24.1 Å². The maximum atomic E-state index is 14.4. The van der Waals surface area contributed by atoms with Gasteiger partial charge in [-0.15, -0.1) is 0 Å². The van der Waals surface area contributed by atoms with Gasteiger partial charge in [0, 0.05) is 40.0 Å². The van der Waals surface area contributed by atoms with Crippen LogP contribution < -0.4 is 8.61 Å². The van der Waals surface area contributed by atoms with Gasteiger partial charge in [0.05, 0.1) is 45.1 Å². The summed E-state index contributed by atoms with van der Waals surface area (Å²) in [5.74, 6) is -1.36. The summed E-state index contributed by atoms with van der Waals surface area (Å²) in [5, 5.41) is 42.4. The molecule has 22 heteroatoms. The van der Waals surface area contributed by atoms with E-state index < -0.39 is 72.8 Å². The number of thiocarbonyl (C=S) groups is 1. The highest BCUT2D eigenvalue weighted by molar-refractivity contribution is 14.1. The first-order valence-electron chi connectivity index (χ1n) is 12.5. The molecule has 248 valence electrons. The Morgan fingerprint density at radius 1 is 0.625 bits per heavy atom. The van der Waals surface area contributed by atoms with Crippen LogP contribution in [-0.2, 0) is 20.0 Å². The third kappa shape index (κ3) is 7.05. The third-order valence-electron chi connectivity index (χ3n) is 6.33. The molecular formula is C26H15I2N5O12S3. The molecule has 0 aliphatic rings. The molecule has 0 saturated carbocycles. The summed E-state index contributed by atoms with van der Waals surface area (Å²) in [4.78, 5) is 42.1. The molecule has 0 fully saturated rings. The van der Waals surface area contributed by atoms with Gasteiger partial charge < -0.3 is 5.11 Å². The molecule has 0 aliphatic heterocycles. The van der Waals surface area contributed by atoms with Crippen molar-refractivity contribution in [3.8, 4) is 0 Å². The van der Waals surface area contributed by atoms with E-state index in [9.17, 15) is 57.1 Å². The van der Waals surface area contributed by atoms with Gasteiger partial charge >= 0.3 is 5.97 Å². The number of carbonyl (C=O) groups is 1. The van der Waals surface area contributed by atoms with Crippen LogP contribution in [0.2, 0.25) is 0 Å². The van der Waals surface area contributed by atoms with Crippen LogP contribution in [0.15, 0.2) is 94.7 Å². The smallest absolute Gasteiger partial charge is 0.336 e. The lowest BCUT2D eigenvalue weighted by Crippen LogP contribution is -2.49. The molecule has 0 saturated heterocycles. The maximum absolute atomic E-state index is 14.4. The molecule has 0 spiro atoms. The van der Waals surface area contributed by atoms with Crippen molar-refractivity contribution in [2.45, 2.75) is 9.79 Å². The van der Waals surface area contributed by atoms with Gasteiger partial charge in [-0.2, -0.15) is 0 Å². The summed E-state index contributed by atoms with van der Waals surface area (Å²) >= 11 is 8.88. The SMILES string of the molecule is O=C(O)c1ccc(N(C(=S)N(c2ccc([N+](=O)[O-])cc2)S(=O)(=O)c2ccc([N+](=O)[O-])cc2)S(=O)(=O)c2ccc([N+](=O)[O-])cc2)c(I)c1I. The Labute approximate surface area is 302 Å². The van der Waals surface area contributed by atoms with Gasteiger partial charge in [-0.25, -0.2) is 30.2 Å². The molecule has 0 heterocycles. The van der Waals surface area contributed by atoms with E-state index in [0.29, 0.717) is 8.61 Å². The Bertz CT molecular complexity index is 2220. The largest absolute Gasteiger partial charge is 0.478 e. The summed E-state index contributed by atoms with van der Waals surface area (Å²) in [6.45, 7) is 0. The van der Waals surface area contributed by atoms with Crippen LogP contribution in [0, 0.1) is 37.5 Å². The van der Waals surface area contributed by atoms with Crippen molar-refractivity contribution in [1.82, 2.24) is 0 Å². The van der Waals surface area contributed by atoms with Gasteiger partial charge in [-0.05, 0) is 106 Å². The minimum Gasteiger partial charge on any atom is -0.478 e. The normalized spacial score (nSPS) is 11.4. The minimum atomic E-state index is -4.99. The fourth-order valence-electron chi connectivity index (χ4n) is 4.03. The van der Waals surface area contributed by atoms with Crippen LogP contribution in [-0.4, -0.2) is 47.8 Å². The number of hydrogen-bond donors (Lipinski definition) is 1. The standard InChI is InChI=1S/C26H15I2N5O12S3/c27-23-21(25(34)35)13-14-22(24(23)28)30(48(44,45)20-11-7-18(8-12-20)33(40)41)26(46)29(15-1-3-16(4-2-15)31(36)37)47(42,43)19-9-5-17(6-10-19)32(38)39/h1-14H,(H,34,35). The Balaban J connectivity index is 2.05. The summed E-state index contributed by atoms with van der Waals surface area (Å²) in [7, 11) is -9.97. The van der Waals surface area contributed by atoms with Gasteiger partial charge in [0.2, 0.25) is 5.11 Å². The topological polar surface area (TPSA) is 241 Å². The number of rotatable bonds is 10. The van der Waals surface area contributed by atoms with E-state index in [1.807, 2.05) is 0 Å². The molecule has 0 bridgehead atoms. The molecule has 0 radical (unpaired) electrons. The number of aromatic carboxylic acids is 1. The Morgan fingerprint density at radius 2 is 1.00 bits per heavy atom. The van der Waals surface area contributed by atoms with E-state index >= 15 is 0 Å². The van der Waals surface area contributed by atoms with Crippen LogP contribution in [0.5, 0.6) is 0 Å². The zero-order valence-electron chi connectivity index (χ0n) is 23.2. The first kappa shape index (κ1) is 36.4. The monoisotopic (exact) mass is 939 g/mol. The number of non-ortho nitro benzene ring substituents is 3. The quantitative estimate of drug-likeness (QED) is 0.0870. The first-order chi connectivity index (χ1) is 22.4. The lowest BCUT2D eigenvalue weighted by Gasteiger charge is -2.33. The predicted octanol–water partition coefficient (Wildman–Crippen LogP) is 5.69. The van der Waals surface area contributed by atoms with Crippen molar-refractivity contribution in [1.29, 1.82) is 0 Å². The second-order valence-electron chi connectivity index (χ2n) is 9.16. The summed E-state index contributed by atoms with van der Waals surface area (Å²) < 4.78 is 58.0. The molecule has 48 heavy (non-hydrogen) atoms. The highest BCUT2D eigenvalue weighted by Gasteiger charge is 2.40. The highest BCUT2D eigenvalue weighted by atomic mass is 127. The van der Waals surface area contributed by atoms with E-state index in [1.54, 1.807) is 45.2 Å². The van der Waals surface area contributed by atoms with E-state index in [2.05, 4.69) is 0 Å². The number of halogens is 2. The van der Waals surface area contributed by atoms with Crippen molar-refractivity contribution in [2.24, 2.45) is 0 Å². The molecule has 4 aromatic rings. The lowest BCUT2D eigenvalue weighted by atomic mass is 10.2. The number of hydrogen-bond acceptors (Lipinski definition) is 12. The second kappa shape index (κ2) is 14.0. The zero-order valence-corrected chi connectivity index (χ0v) is 30.0. The minimum absolute atomic E-state index is 0.00248. The molecule has 4 rings (SSSR count). The zero-order chi connectivity index (χ0) is 35.7. The van der Waals surface area contributed by atoms with Crippen LogP contribution in [0.25, 0.3) is 0 Å². The van der Waals surface area contributed by atoms with Gasteiger partial charge in [-0.1, -0.05) is 0 Å². The van der Waals surface area contributed by atoms with Crippen molar-refractivity contribution in [3.05, 3.63) is 128 Å². The van der Waals surface area contributed by atoms with Crippen LogP contribution in [0.4, 0.5) is 28.4 Å². The predicted molar refractivity (Wildman–Crippen MR) is 190 cm³/mol. The van der Waals surface area contributed by atoms with Crippen LogP contribution in [0.3, 0.4) is 0 Å². The van der Waals surface area contributed by atoms with Gasteiger partial charge in [0.1, 0.15) is 0 Å². The van der Waals surface area contributed by atoms with Crippen LogP contribution >= 0.6 is 57.4 Å². The maximum Gasteiger partial charge on any atom is 0.336 e. The first-order valence-corrected chi connectivity index (χ1v) is 17.9. The number of nitro benzene ring substituents is 3. The Morgan fingerprint density at radius 3 is 1.38 bits per heavy atom. The fraction of sp³-hybridized carbons (Fsp3) is 0. The van der Waals surface area contributed by atoms with Gasteiger partial charge in [0.15, 0.2) is 0 Å². The molecule has 0 atom stereocenters. The molecule has 0 amide bonds. The molecule has 17 nitrogen and oxygen atoms in total. The third-order valence-corrected chi connectivity index (χ3v) is 13.6.